The summed E-state index contributed by atoms with van der Waals surface area (Å²) < 4.78 is 1.78. The Balaban J connectivity index is 1.23. The summed E-state index contributed by atoms with van der Waals surface area (Å²) >= 11 is 0. The molecule has 2 aromatic heterocycles. The van der Waals surface area contributed by atoms with Crippen molar-refractivity contribution in [1.82, 2.24) is 29.9 Å². The van der Waals surface area contributed by atoms with Gasteiger partial charge in [0.25, 0.3) is 0 Å². The molecule has 222 valence electrons. The summed E-state index contributed by atoms with van der Waals surface area (Å²) in [6.45, 7) is 8.58. The molecule has 0 atom stereocenters. The van der Waals surface area contributed by atoms with Gasteiger partial charge in [-0.2, -0.15) is 5.10 Å². The molecule has 3 fully saturated rings. The first kappa shape index (κ1) is 28.6. The second kappa shape index (κ2) is 12.8. The highest BCUT2D eigenvalue weighted by Crippen LogP contribution is 2.30. The molecular weight excluding hydrogens is 524 g/mol. The van der Waals surface area contributed by atoms with E-state index < -0.39 is 0 Å². The van der Waals surface area contributed by atoms with Crippen molar-refractivity contribution < 1.29 is 4.79 Å². The second-order valence-electron chi connectivity index (χ2n) is 12.2. The lowest BCUT2D eigenvalue weighted by Gasteiger charge is -2.34. The number of carbonyl (C=O) groups is 1. The van der Waals surface area contributed by atoms with E-state index in [-0.39, 0.29) is 5.91 Å². The normalized spacial score (nSPS) is 21.8. The molecule has 0 bridgehead atoms. The number of piperidine rings is 3. The van der Waals surface area contributed by atoms with Crippen molar-refractivity contribution in [2.45, 2.75) is 51.5 Å². The van der Waals surface area contributed by atoms with Gasteiger partial charge in [-0.15, -0.1) is 0 Å². The zero-order valence-corrected chi connectivity index (χ0v) is 25.1. The highest BCUT2D eigenvalue weighted by molar-refractivity contribution is 6.10. The van der Waals surface area contributed by atoms with Crippen molar-refractivity contribution in [3.05, 3.63) is 54.0 Å². The van der Waals surface area contributed by atoms with Gasteiger partial charge in [-0.25, -0.2) is 0 Å². The number of aromatic nitrogens is 3. The molecule has 9 nitrogen and oxygen atoms in total. The van der Waals surface area contributed by atoms with Crippen molar-refractivity contribution in [1.29, 1.82) is 0 Å². The van der Waals surface area contributed by atoms with Crippen LogP contribution >= 0.6 is 0 Å². The van der Waals surface area contributed by atoms with Gasteiger partial charge in [-0.05, 0) is 69.1 Å². The molecule has 1 amide bonds. The third-order valence-electron chi connectivity index (χ3n) is 9.35. The SMILES string of the molecule is CC(=O)N1CCC(=NC2CCN(CCC3CCNCC3)CC2)/C(=C(\N)c2cccc3cc(-c4cnn(C)c4)ncc23)C1. The van der Waals surface area contributed by atoms with Crippen LogP contribution in [-0.2, 0) is 11.8 Å². The average Bonchev–Trinajstić information content (AvgIpc) is 3.46. The number of carbonyl (C=O) groups excluding carboxylic acids is 1. The molecule has 3 aliphatic rings. The number of fused-ring (bicyclic) bond motifs is 1. The van der Waals surface area contributed by atoms with Gasteiger partial charge < -0.3 is 20.9 Å². The number of pyridine rings is 1. The number of nitrogens with zero attached hydrogens (tertiary/aromatic N) is 6. The fourth-order valence-corrected chi connectivity index (χ4v) is 6.71. The Hall–Kier alpha value is -3.56. The summed E-state index contributed by atoms with van der Waals surface area (Å²) in [6, 6.07) is 8.58. The van der Waals surface area contributed by atoms with Gasteiger partial charge >= 0.3 is 0 Å². The minimum absolute atomic E-state index is 0.0714. The van der Waals surface area contributed by atoms with Gasteiger partial charge in [0, 0.05) is 92.5 Å². The largest absolute Gasteiger partial charge is 0.398 e. The van der Waals surface area contributed by atoms with E-state index in [1.54, 1.807) is 11.6 Å². The van der Waals surface area contributed by atoms with Crippen LogP contribution in [0.3, 0.4) is 0 Å². The quantitative estimate of drug-likeness (QED) is 0.468. The lowest BCUT2D eigenvalue weighted by molar-refractivity contribution is -0.128. The van der Waals surface area contributed by atoms with E-state index in [1.807, 2.05) is 36.6 Å². The van der Waals surface area contributed by atoms with Gasteiger partial charge in [-0.1, -0.05) is 18.2 Å². The highest BCUT2D eigenvalue weighted by atomic mass is 16.2. The fourth-order valence-electron chi connectivity index (χ4n) is 6.71. The Bertz CT molecular complexity index is 1480. The van der Waals surface area contributed by atoms with Gasteiger partial charge in [0.05, 0.1) is 17.9 Å². The van der Waals surface area contributed by atoms with E-state index >= 15 is 0 Å². The van der Waals surface area contributed by atoms with Crippen LogP contribution in [0.2, 0.25) is 0 Å². The first-order valence-corrected chi connectivity index (χ1v) is 15.6. The number of nitrogens with one attached hydrogen (secondary N) is 1. The molecule has 0 spiro atoms. The van der Waals surface area contributed by atoms with Gasteiger partial charge in [0.15, 0.2) is 0 Å². The van der Waals surface area contributed by atoms with Gasteiger partial charge in [0.2, 0.25) is 5.91 Å². The molecule has 5 heterocycles. The number of hydrogen-bond donors (Lipinski definition) is 2. The van der Waals surface area contributed by atoms with Crippen molar-refractivity contribution in [3.8, 4) is 11.3 Å². The number of nitrogens with two attached hydrogens (primary N) is 1. The Morgan fingerprint density at radius 2 is 1.93 bits per heavy atom. The molecule has 0 aliphatic carbocycles. The number of amides is 1. The standard InChI is InChI=1S/C33H44N8O/c1-23(42)41-17-11-31(38-27-9-15-40(16-10-27)14-8-24-6-12-35-13-7-24)30(22-41)33(34)28-5-3-4-25-18-32(36-20-29(25)28)26-19-37-39(2)21-26/h3-5,18-21,24,27,35H,6-17,22,34H2,1-2H3/b33-30-,38-31?. The summed E-state index contributed by atoms with van der Waals surface area (Å²) in [5, 5.41) is 9.83. The van der Waals surface area contributed by atoms with E-state index in [0.717, 1.165) is 77.1 Å². The van der Waals surface area contributed by atoms with Crippen LogP contribution in [0.5, 0.6) is 0 Å². The number of benzene rings is 1. The van der Waals surface area contributed by atoms with Crippen LogP contribution in [0.1, 0.15) is 51.0 Å². The predicted molar refractivity (Wildman–Crippen MR) is 169 cm³/mol. The molecule has 6 rings (SSSR count). The second-order valence-corrected chi connectivity index (χ2v) is 12.2. The van der Waals surface area contributed by atoms with Crippen LogP contribution in [0.4, 0.5) is 0 Å². The molecule has 3 saturated heterocycles. The number of rotatable bonds is 6. The molecule has 0 unspecified atom stereocenters. The maximum absolute atomic E-state index is 12.4. The van der Waals surface area contributed by atoms with Gasteiger partial charge in [-0.3, -0.25) is 19.5 Å². The van der Waals surface area contributed by atoms with Crippen molar-refractivity contribution in [2.75, 3.05) is 45.8 Å². The number of hydrogen-bond acceptors (Lipinski definition) is 7. The lowest BCUT2D eigenvalue weighted by atomic mass is 9.93. The number of likely N-dealkylation sites (tertiary alicyclic amines) is 2. The lowest BCUT2D eigenvalue weighted by Crippen LogP contribution is -2.41. The van der Waals surface area contributed by atoms with Crippen LogP contribution in [0.25, 0.3) is 27.7 Å². The van der Waals surface area contributed by atoms with Gasteiger partial charge in [0.1, 0.15) is 0 Å². The molecule has 9 heteroatoms. The fraction of sp³-hybridized carbons (Fsp3) is 0.515. The van der Waals surface area contributed by atoms with E-state index in [0.29, 0.717) is 24.8 Å². The maximum Gasteiger partial charge on any atom is 0.219 e. The Morgan fingerprint density at radius 3 is 2.67 bits per heavy atom. The van der Waals surface area contributed by atoms with Crippen molar-refractivity contribution in [2.24, 2.45) is 23.7 Å². The molecular formula is C33H44N8O. The smallest absolute Gasteiger partial charge is 0.219 e. The van der Waals surface area contributed by atoms with Crippen molar-refractivity contribution >= 4 is 28.1 Å². The van der Waals surface area contributed by atoms with Crippen LogP contribution in [0, 0.1) is 5.92 Å². The van der Waals surface area contributed by atoms with E-state index in [4.69, 9.17) is 15.7 Å². The monoisotopic (exact) mass is 568 g/mol. The molecule has 3 aliphatic heterocycles. The summed E-state index contributed by atoms with van der Waals surface area (Å²) in [5.41, 5.74) is 12.5. The zero-order valence-electron chi connectivity index (χ0n) is 25.1. The summed E-state index contributed by atoms with van der Waals surface area (Å²) in [5.74, 6) is 0.944. The third-order valence-corrected chi connectivity index (χ3v) is 9.35. The third kappa shape index (κ3) is 6.42. The molecule has 3 aromatic rings. The number of aryl methyl sites for hydroxylation is 1. The first-order valence-electron chi connectivity index (χ1n) is 15.6. The Labute approximate surface area is 248 Å². The van der Waals surface area contributed by atoms with Crippen LogP contribution in [-0.4, -0.2) is 88.0 Å². The van der Waals surface area contributed by atoms with Crippen LogP contribution in [0.15, 0.2) is 53.4 Å². The Morgan fingerprint density at radius 1 is 1.12 bits per heavy atom. The Kier molecular flexibility index (Phi) is 8.67. The topological polar surface area (TPSA) is 105 Å². The minimum atomic E-state index is 0.0714. The minimum Gasteiger partial charge on any atom is -0.398 e. The van der Waals surface area contributed by atoms with E-state index in [9.17, 15) is 4.79 Å². The molecule has 1 aromatic carbocycles. The summed E-state index contributed by atoms with van der Waals surface area (Å²) in [4.78, 5) is 27.0. The van der Waals surface area contributed by atoms with E-state index in [1.165, 1.54) is 38.9 Å². The highest BCUT2D eigenvalue weighted by Gasteiger charge is 2.27. The summed E-state index contributed by atoms with van der Waals surface area (Å²) in [6.07, 6.45) is 12.5. The summed E-state index contributed by atoms with van der Waals surface area (Å²) in [7, 11) is 1.91. The maximum atomic E-state index is 12.4. The number of aliphatic imine (C=N–C) groups is 1. The molecule has 42 heavy (non-hydrogen) atoms. The molecule has 0 saturated carbocycles. The van der Waals surface area contributed by atoms with E-state index in [2.05, 4.69) is 33.5 Å². The zero-order chi connectivity index (χ0) is 29.1. The molecule has 3 N–H and O–H groups in total. The van der Waals surface area contributed by atoms with Crippen LogP contribution < -0.4 is 11.1 Å². The average molecular weight is 569 g/mol. The first-order chi connectivity index (χ1) is 20.4. The van der Waals surface area contributed by atoms with Crippen molar-refractivity contribution in [3.63, 3.8) is 0 Å². The predicted octanol–water partition coefficient (Wildman–Crippen LogP) is 3.85. The molecule has 0 radical (unpaired) electrons.